The summed E-state index contributed by atoms with van der Waals surface area (Å²) < 4.78 is 0. The summed E-state index contributed by atoms with van der Waals surface area (Å²) >= 11 is 0. The second-order valence-electron chi connectivity index (χ2n) is 28.2. The molecule has 2 heterocycles. The van der Waals surface area contributed by atoms with Crippen molar-refractivity contribution in [2.75, 3.05) is 61.9 Å². The molecule has 2 aliphatic heterocycles. The maximum atomic E-state index is 15.5. The van der Waals surface area contributed by atoms with Crippen molar-refractivity contribution in [2.45, 2.75) is 186 Å². The zero-order chi connectivity index (χ0) is 76.8. The number of likely N-dealkylation sites (N-methyl/N-ethyl adjacent to an activating group) is 6. The highest BCUT2D eigenvalue weighted by atomic mass is 16.3. The van der Waals surface area contributed by atoms with E-state index in [9.17, 15) is 48.3 Å². The molecule has 7 N–H and O–H groups in total. The van der Waals surface area contributed by atoms with E-state index in [4.69, 9.17) is 0 Å². The number of carbonyl (C=O) groups is 13. The van der Waals surface area contributed by atoms with Crippen LogP contribution in [0.2, 0.25) is 0 Å². The molecule has 0 aliphatic carbocycles. The van der Waals surface area contributed by atoms with Gasteiger partial charge in [-0.25, -0.2) is 0 Å². The molecule has 2 fully saturated rings. The third kappa shape index (κ3) is 22.7. The molecule has 1 unspecified atom stereocenters. The largest absolute Gasteiger partial charge is 0.391 e. The second-order valence-corrected chi connectivity index (χ2v) is 28.2. The fourth-order valence-corrected chi connectivity index (χ4v) is 12.9. The zero-order valence-corrected chi connectivity index (χ0v) is 62.5. The summed E-state index contributed by atoms with van der Waals surface area (Å²) in [5, 5.41) is 27.0. The summed E-state index contributed by atoms with van der Waals surface area (Å²) in [5.74, 6) is -11.3. The topological polar surface area (TPSA) is 337 Å². The molecule has 0 saturated carbocycles. The molecular formula is C77H107N13O14. The molecule has 12 atom stereocenters. The van der Waals surface area contributed by atoms with Gasteiger partial charge in [0.05, 0.1) is 19.1 Å². The third-order valence-electron chi connectivity index (χ3n) is 19.5. The number of aliphatic hydroxyl groups is 1. The normalized spacial score (nSPS) is 22.7. The number of carbonyl (C=O) groups excluding carboxylic acids is 13. The highest BCUT2D eigenvalue weighted by Crippen LogP contribution is 2.23. The van der Waals surface area contributed by atoms with E-state index in [0.717, 1.165) is 34.0 Å². The maximum Gasteiger partial charge on any atom is 0.248 e. The number of hydrogen-bond acceptors (Lipinski definition) is 14. The molecule has 4 aromatic rings. The van der Waals surface area contributed by atoms with E-state index in [1.165, 1.54) is 77.8 Å². The van der Waals surface area contributed by atoms with Crippen molar-refractivity contribution < 1.29 is 67.4 Å². The van der Waals surface area contributed by atoms with Crippen LogP contribution in [0.15, 0.2) is 121 Å². The fourth-order valence-electron chi connectivity index (χ4n) is 12.9. The minimum Gasteiger partial charge on any atom is -0.391 e. The minimum absolute atomic E-state index is 0.0205. The monoisotopic (exact) mass is 1440 g/mol. The number of benzene rings is 4. The van der Waals surface area contributed by atoms with Gasteiger partial charge in [0, 0.05) is 81.1 Å². The molecule has 27 nitrogen and oxygen atoms in total. The lowest BCUT2D eigenvalue weighted by Gasteiger charge is -2.38. The van der Waals surface area contributed by atoms with E-state index in [1.54, 1.807) is 147 Å². The fraction of sp³-hybridized carbons (Fsp3) is 0.519. The van der Waals surface area contributed by atoms with Gasteiger partial charge in [-0.2, -0.15) is 0 Å². The van der Waals surface area contributed by atoms with Crippen molar-refractivity contribution in [3.63, 3.8) is 0 Å². The predicted octanol–water partition coefficient (Wildman–Crippen LogP) is 2.02. The summed E-state index contributed by atoms with van der Waals surface area (Å²) in [4.78, 5) is 200. The summed E-state index contributed by atoms with van der Waals surface area (Å²) in [6.07, 6.45) is -0.195. The van der Waals surface area contributed by atoms with E-state index < -0.39 is 162 Å². The Hall–Kier alpha value is -10.1. The molecule has 0 spiro atoms. The molecule has 13 amide bonds. The first-order valence-electron chi connectivity index (χ1n) is 35.7. The number of amides is 13. The second kappa shape index (κ2) is 39.0. The van der Waals surface area contributed by atoms with Gasteiger partial charge in [0.25, 0.3) is 0 Å². The van der Waals surface area contributed by atoms with Crippen LogP contribution in [0.5, 0.6) is 0 Å². The SMILES string of the molecule is CC(C)CC1C(=O)NCC(=O)N[C@H](C(=O)N(C)[C@@H](Cc2ccccc2)C(=O)N(C)[C@@H](Cc2ccccc2)C(=O)N[C@@H](C)C(=O)N2CCCCC2)CC(=O)N[C@@H](C)C(=O)N[C@@H]([C@@H](C)O)C(=O)N(C)[C@@H](C)C(=O)N(C)[C@@H](Cc2ccccc2)C(=O)N[C@@H](C(C)C)C(=O)N(C)[C@@H](Cc2ccccc2)C(=O)N1C. The Kier molecular flexibility index (Phi) is 31.1. The van der Waals surface area contributed by atoms with Crippen LogP contribution in [0.25, 0.3) is 0 Å². The molecule has 564 valence electrons. The first-order chi connectivity index (χ1) is 49.2. The van der Waals surface area contributed by atoms with E-state index in [0.29, 0.717) is 35.3 Å². The molecule has 0 radical (unpaired) electrons. The first-order valence-corrected chi connectivity index (χ1v) is 35.7. The Bertz CT molecular complexity index is 3620. The molecule has 0 aromatic heterocycles. The molecule has 0 bridgehead atoms. The van der Waals surface area contributed by atoms with Crippen LogP contribution in [0.1, 0.15) is 110 Å². The van der Waals surface area contributed by atoms with Crippen molar-refractivity contribution >= 4 is 76.8 Å². The Labute approximate surface area is 610 Å². The van der Waals surface area contributed by atoms with E-state index >= 15 is 19.2 Å². The Morgan fingerprint density at radius 3 is 1.50 bits per heavy atom. The van der Waals surface area contributed by atoms with Gasteiger partial charge in [0.1, 0.15) is 66.5 Å². The van der Waals surface area contributed by atoms with Crippen molar-refractivity contribution in [1.82, 2.24) is 66.2 Å². The molecule has 104 heavy (non-hydrogen) atoms. The van der Waals surface area contributed by atoms with Gasteiger partial charge >= 0.3 is 0 Å². The van der Waals surface area contributed by atoms with Gasteiger partial charge in [0.2, 0.25) is 76.8 Å². The molecule has 27 heteroatoms. The van der Waals surface area contributed by atoms with Crippen LogP contribution < -0.4 is 31.9 Å². The lowest BCUT2D eigenvalue weighted by Crippen LogP contribution is -2.62. The van der Waals surface area contributed by atoms with Crippen LogP contribution in [0.4, 0.5) is 0 Å². The van der Waals surface area contributed by atoms with Gasteiger partial charge < -0.3 is 71.3 Å². The highest BCUT2D eigenvalue weighted by molar-refractivity contribution is 6.01. The molecule has 2 saturated heterocycles. The van der Waals surface area contributed by atoms with E-state index in [2.05, 4.69) is 31.9 Å². The van der Waals surface area contributed by atoms with Crippen LogP contribution in [0, 0.1) is 11.8 Å². The molecule has 6 rings (SSSR count). The van der Waals surface area contributed by atoms with E-state index in [-0.39, 0.29) is 43.9 Å². The van der Waals surface area contributed by atoms with Crippen molar-refractivity contribution in [3.8, 4) is 0 Å². The molecule has 4 aromatic carbocycles. The number of aliphatic hydroxyl groups excluding tert-OH is 1. The summed E-state index contributed by atoms with van der Waals surface area (Å²) in [6.45, 7) is 12.7. The third-order valence-corrected chi connectivity index (χ3v) is 19.5. The van der Waals surface area contributed by atoms with Crippen LogP contribution in [-0.4, -0.2) is 251 Å². The number of hydrogen-bond donors (Lipinski definition) is 7. The molecule has 2 aliphatic rings. The lowest BCUT2D eigenvalue weighted by atomic mass is 9.96. The van der Waals surface area contributed by atoms with Crippen LogP contribution in [0.3, 0.4) is 0 Å². The Balaban J connectivity index is 1.42. The van der Waals surface area contributed by atoms with Gasteiger partial charge in [-0.1, -0.05) is 149 Å². The number of rotatable bonds is 19. The number of nitrogens with zero attached hydrogens (tertiary/aromatic N) is 7. The van der Waals surface area contributed by atoms with E-state index in [1.807, 2.05) is 13.8 Å². The van der Waals surface area contributed by atoms with Gasteiger partial charge in [-0.05, 0) is 87.5 Å². The van der Waals surface area contributed by atoms with Crippen molar-refractivity contribution in [2.24, 2.45) is 11.8 Å². The van der Waals surface area contributed by atoms with Gasteiger partial charge in [0.15, 0.2) is 0 Å². The average Bonchev–Trinajstić information content (AvgIpc) is 0.817. The quantitative estimate of drug-likeness (QED) is 0.0707. The minimum atomic E-state index is -1.88. The van der Waals surface area contributed by atoms with Crippen molar-refractivity contribution in [3.05, 3.63) is 144 Å². The Morgan fingerprint density at radius 2 is 0.990 bits per heavy atom. The number of piperidine rings is 1. The number of nitrogens with one attached hydrogen (secondary N) is 6. The standard InChI is InChI=1S/C77H107N13O14/c1-47(2)40-58-68(95)78-46-64(93)81-57(73(100)88(13)61(43-55-34-24-17-25-35-55)74(101)87(12)59(41-53-30-20-15-21-31-53)69(96)80-50(6)71(98)90-38-28-19-29-39-90)45-63(92)79-49(5)67(94)83-66(52(8)91)77(104)84(9)51(7)72(99)85(10)60(42-54-32-22-16-23-33-54)70(97)82-65(48(3)4)76(103)89(14)62(75(102)86(58)11)44-56-36-26-18-27-37-56/h15-18,20-27,30-37,47-52,57-62,65-66,91H,19,28-29,38-46H2,1-14H3,(H,78,95)(H,79,92)(H,80,96)(H,81,93)(H,82,97)(H,83,94)/t49-,50-,51-,52+,57-,58?,59-,60-,61-,62-,65-,66-/m0/s1. The van der Waals surface area contributed by atoms with Crippen LogP contribution in [-0.2, 0) is 88.0 Å². The summed E-state index contributed by atoms with van der Waals surface area (Å²) in [5.41, 5.74) is 2.51. The summed E-state index contributed by atoms with van der Waals surface area (Å²) in [6, 6.07) is 19.7. The average molecular weight is 1440 g/mol. The van der Waals surface area contributed by atoms with Crippen LogP contribution >= 0.6 is 0 Å². The summed E-state index contributed by atoms with van der Waals surface area (Å²) in [7, 11) is 8.13. The smallest absolute Gasteiger partial charge is 0.248 e. The first kappa shape index (κ1) is 82.9. The molecular weight excluding hydrogens is 1330 g/mol. The maximum absolute atomic E-state index is 15.5. The van der Waals surface area contributed by atoms with Gasteiger partial charge in [-0.15, -0.1) is 0 Å². The number of likely N-dealkylation sites (tertiary alicyclic amines) is 1. The van der Waals surface area contributed by atoms with Gasteiger partial charge in [-0.3, -0.25) is 62.3 Å². The van der Waals surface area contributed by atoms with Crippen molar-refractivity contribution in [1.29, 1.82) is 0 Å². The zero-order valence-electron chi connectivity index (χ0n) is 62.5. The Morgan fingerprint density at radius 1 is 0.519 bits per heavy atom. The lowest BCUT2D eigenvalue weighted by molar-refractivity contribution is -0.151. The highest BCUT2D eigenvalue weighted by Gasteiger charge is 2.44. The predicted molar refractivity (Wildman–Crippen MR) is 391 cm³/mol.